The van der Waals surface area contributed by atoms with Gasteiger partial charge in [0.25, 0.3) is 5.69 Å². The normalized spacial score (nSPS) is 12.1. The van der Waals surface area contributed by atoms with E-state index in [0.29, 0.717) is 12.1 Å². The van der Waals surface area contributed by atoms with Gasteiger partial charge in [0.05, 0.1) is 20.4 Å². The summed E-state index contributed by atoms with van der Waals surface area (Å²) in [5, 5.41) is 10.6. The Morgan fingerprint density at radius 1 is 1.31 bits per heavy atom. The Hall–Kier alpha value is -2.45. The number of nitro benzene ring substituents is 1. The lowest BCUT2D eigenvalue weighted by molar-refractivity contribution is -0.384. The van der Waals surface area contributed by atoms with Gasteiger partial charge in [0.2, 0.25) is 5.91 Å². The Bertz CT molecular complexity index is 943. The van der Waals surface area contributed by atoms with E-state index in [2.05, 4.69) is 4.98 Å². The van der Waals surface area contributed by atoms with E-state index in [-0.39, 0.29) is 16.8 Å². The molecule has 1 aromatic heterocycles. The molecule has 0 aliphatic carbocycles. The summed E-state index contributed by atoms with van der Waals surface area (Å²) >= 11 is 2.74. The summed E-state index contributed by atoms with van der Waals surface area (Å²) < 4.78 is 1.48. The highest BCUT2D eigenvalue weighted by atomic mass is 32.2. The van der Waals surface area contributed by atoms with Crippen molar-refractivity contribution in [1.82, 2.24) is 9.88 Å². The van der Waals surface area contributed by atoms with Gasteiger partial charge in [-0.25, -0.2) is 4.98 Å². The molecule has 1 amide bonds. The number of carbonyl (C=O) groups is 1. The van der Waals surface area contributed by atoms with E-state index in [0.717, 1.165) is 14.6 Å². The molecule has 0 aliphatic heterocycles. The van der Waals surface area contributed by atoms with E-state index in [9.17, 15) is 14.9 Å². The molecule has 26 heavy (non-hydrogen) atoms. The van der Waals surface area contributed by atoms with E-state index in [1.54, 1.807) is 18.0 Å². The highest BCUT2D eigenvalue weighted by molar-refractivity contribution is 8.02. The number of non-ortho nitro benzene ring substituents is 1. The van der Waals surface area contributed by atoms with E-state index < -0.39 is 4.92 Å². The molecule has 0 spiro atoms. The lowest BCUT2D eigenvalue weighted by Crippen LogP contribution is -2.32. The molecule has 0 radical (unpaired) electrons. The molecule has 0 fully saturated rings. The van der Waals surface area contributed by atoms with E-state index >= 15 is 0 Å². The number of aromatic nitrogens is 1. The maximum absolute atomic E-state index is 12.6. The van der Waals surface area contributed by atoms with Crippen molar-refractivity contribution in [1.29, 1.82) is 0 Å². The fourth-order valence-corrected chi connectivity index (χ4v) is 4.86. The number of thioether (sulfide) groups is 1. The fraction of sp³-hybridized carbons (Fsp3) is 0.222. The van der Waals surface area contributed by atoms with Crippen molar-refractivity contribution in [3.8, 4) is 0 Å². The second kappa shape index (κ2) is 7.84. The molecule has 0 saturated carbocycles. The molecule has 3 rings (SSSR count). The van der Waals surface area contributed by atoms with Gasteiger partial charge in [-0.05, 0) is 18.6 Å². The van der Waals surface area contributed by atoms with Crippen LogP contribution in [0.3, 0.4) is 0 Å². The lowest BCUT2D eigenvalue weighted by atomic mass is 10.2. The quantitative estimate of drug-likeness (QED) is 0.357. The highest BCUT2D eigenvalue weighted by Gasteiger charge is 2.21. The summed E-state index contributed by atoms with van der Waals surface area (Å²) in [6.45, 7) is 2.40. The second-order valence-electron chi connectivity index (χ2n) is 5.83. The number of amides is 1. The maximum atomic E-state index is 12.6. The van der Waals surface area contributed by atoms with Crippen molar-refractivity contribution >= 4 is 44.9 Å². The van der Waals surface area contributed by atoms with Gasteiger partial charge in [-0.2, -0.15) is 0 Å². The van der Waals surface area contributed by atoms with Crippen molar-refractivity contribution in [3.05, 3.63) is 64.2 Å². The molecule has 2 aromatic carbocycles. The Morgan fingerprint density at radius 3 is 2.73 bits per heavy atom. The van der Waals surface area contributed by atoms with Gasteiger partial charge in [0.15, 0.2) is 4.34 Å². The largest absolute Gasteiger partial charge is 0.340 e. The fourth-order valence-electron chi connectivity index (χ4n) is 2.50. The third-order valence-corrected chi connectivity index (χ3v) is 6.03. The number of hydrogen-bond acceptors (Lipinski definition) is 6. The van der Waals surface area contributed by atoms with Crippen LogP contribution in [-0.2, 0) is 11.3 Å². The van der Waals surface area contributed by atoms with Gasteiger partial charge < -0.3 is 4.90 Å². The first-order valence-corrected chi connectivity index (χ1v) is 9.64. The summed E-state index contributed by atoms with van der Waals surface area (Å²) in [4.78, 5) is 29.2. The van der Waals surface area contributed by atoms with Crippen LogP contribution in [0.2, 0.25) is 0 Å². The molecule has 134 valence electrons. The summed E-state index contributed by atoms with van der Waals surface area (Å²) in [5.41, 5.74) is 1.83. The molecule has 0 N–H and O–H groups in total. The SMILES string of the molecule is C[C@H](Sc1nc2ccc([N+](=O)[O-])cc2s1)C(=O)N(C)Cc1ccccc1. The minimum atomic E-state index is -0.420. The molecule has 0 bridgehead atoms. The van der Waals surface area contributed by atoms with Crippen molar-refractivity contribution in [3.63, 3.8) is 0 Å². The van der Waals surface area contributed by atoms with E-state index in [1.807, 2.05) is 37.3 Å². The Morgan fingerprint density at radius 2 is 2.04 bits per heavy atom. The molecule has 1 heterocycles. The molecule has 3 aromatic rings. The standard InChI is InChI=1S/C18H17N3O3S2/c1-12(17(22)20(2)11-13-6-4-3-5-7-13)25-18-19-15-9-8-14(21(23)24)10-16(15)26-18/h3-10,12H,11H2,1-2H3/t12-/m0/s1. The van der Waals surface area contributed by atoms with E-state index in [1.165, 1.54) is 35.2 Å². The maximum Gasteiger partial charge on any atom is 0.270 e. The van der Waals surface area contributed by atoms with Crippen LogP contribution in [-0.4, -0.2) is 33.0 Å². The van der Waals surface area contributed by atoms with Crippen LogP contribution in [0, 0.1) is 10.1 Å². The van der Waals surface area contributed by atoms with Gasteiger partial charge in [-0.15, -0.1) is 11.3 Å². The summed E-state index contributed by atoms with van der Waals surface area (Å²) in [5.74, 6) is 0.0177. The number of fused-ring (bicyclic) bond motifs is 1. The molecular formula is C18H17N3O3S2. The highest BCUT2D eigenvalue weighted by Crippen LogP contribution is 2.34. The Balaban J connectivity index is 1.68. The zero-order chi connectivity index (χ0) is 18.7. The van der Waals surface area contributed by atoms with Gasteiger partial charge in [-0.1, -0.05) is 42.1 Å². The van der Waals surface area contributed by atoms with Crippen LogP contribution < -0.4 is 0 Å². The molecule has 0 saturated heterocycles. The van der Waals surface area contributed by atoms with Gasteiger partial charge in [0.1, 0.15) is 0 Å². The molecule has 8 heteroatoms. The predicted octanol–water partition coefficient (Wildman–Crippen LogP) is 4.34. The van der Waals surface area contributed by atoms with Crippen molar-refractivity contribution in [2.45, 2.75) is 23.1 Å². The first kappa shape index (κ1) is 18.3. The monoisotopic (exact) mass is 387 g/mol. The average Bonchev–Trinajstić information content (AvgIpc) is 3.03. The number of rotatable bonds is 6. The summed E-state index contributed by atoms with van der Waals surface area (Å²) in [6.07, 6.45) is 0. The van der Waals surface area contributed by atoms with Crippen LogP contribution in [0.4, 0.5) is 5.69 Å². The third-order valence-electron chi connectivity index (χ3n) is 3.83. The lowest BCUT2D eigenvalue weighted by Gasteiger charge is -2.20. The van der Waals surface area contributed by atoms with Crippen molar-refractivity contribution < 1.29 is 9.72 Å². The number of hydrogen-bond donors (Lipinski definition) is 0. The molecular weight excluding hydrogens is 370 g/mol. The zero-order valence-electron chi connectivity index (χ0n) is 14.3. The minimum absolute atomic E-state index is 0.0177. The van der Waals surface area contributed by atoms with E-state index in [4.69, 9.17) is 0 Å². The number of nitrogens with zero attached hydrogens (tertiary/aromatic N) is 3. The summed E-state index contributed by atoms with van der Waals surface area (Å²) in [6, 6.07) is 14.4. The van der Waals surface area contributed by atoms with Gasteiger partial charge in [0, 0.05) is 25.7 Å². The number of benzene rings is 2. The van der Waals surface area contributed by atoms with Crippen molar-refractivity contribution in [2.24, 2.45) is 0 Å². The molecule has 6 nitrogen and oxygen atoms in total. The minimum Gasteiger partial charge on any atom is -0.340 e. The predicted molar refractivity (Wildman–Crippen MR) is 105 cm³/mol. The van der Waals surface area contributed by atoms with Gasteiger partial charge in [-0.3, -0.25) is 14.9 Å². The second-order valence-corrected chi connectivity index (χ2v) is 8.45. The van der Waals surface area contributed by atoms with Crippen LogP contribution >= 0.6 is 23.1 Å². The average molecular weight is 387 g/mol. The third kappa shape index (κ3) is 4.20. The first-order chi connectivity index (χ1) is 12.4. The number of nitro groups is 1. The molecule has 0 aliphatic rings. The number of carbonyl (C=O) groups excluding carboxylic acids is 1. The van der Waals surface area contributed by atoms with Crippen LogP contribution in [0.5, 0.6) is 0 Å². The number of thiazole rings is 1. The topological polar surface area (TPSA) is 76.3 Å². The van der Waals surface area contributed by atoms with Crippen LogP contribution in [0.1, 0.15) is 12.5 Å². The Kier molecular flexibility index (Phi) is 5.53. The van der Waals surface area contributed by atoms with Crippen LogP contribution in [0.15, 0.2) is 52.9 Å². The first-order valence-electron chi connectivity index (χ1n) is 7.94. The zero-order valence-corrected chi connectivity index (χ0v) is 15.9. The van der Waals surface area contributed by atoms with Gasteiger partial charge >= 0.3 is 0 Å². The van der Waals surface area contributed by atoms with Crippen molar-refractivity contribution in [2.75, 3.05) is 7.05 Å². The summed E-state index contributed by atoms with van der Waals surface area (Å²) in [7, 11) is 1.79. The smallest absolute Gasteiger partial charge is 0.270 e. The molecule has 1 atom stereocenters. The Labute approximate surface area is 159 Å². The molecule has 0 unspecified atom stereocenters. The van der Waals surface area contributed by atoms with Crippen LogP contribution in [0.25, 0.3) is 10.2 Å².